The highest BCUT2D eigenvalue weighted by molar-refractivity contribution is 6.07. The number of fused-ring (bicyclic) bond motifs is 1. The normalized spacial score (nSPS) is 14.2. The average Bonchev–Trinajstić information content (AvgIpc) is 3.14. The third-order valence-electron chi connectivity index (χ3n) is 5.50. The van der Waals surface area contributed by atoms with Crippen LogP contribution in [0.3, 0.4) is 0 Å². The minimum absolute atomic E-state index is 0.265. The number of rotatable bonds is 5. The Balaban J connectivity index is 1.49. The lowest BCUT2D eigenvalue weighted by molar-refractivity contribution is 0.0919. The van der Waals surface area contributed by atoms with Crippen LogP contribution in [-0.4, -0.2) is 17.5 Å². The molecule has 32 heavy (non-hydrogen) atoms. The Labute approximate surface area is 185 Å². The van der Waals surface area contributed by atoms with Crippen LogP contribution in [0.4, 0.5) is 4.39 Å². The van der Waals surface area contributed by atoms with Gasteiger partial charge >= 0.3 is 0 Å². The zero-order valence-electron chi connectivity index (χ0n) is 18.0. The van der Waals surface area contributed by atoms with Crippen LogP contribution < -0.4 is 10.7 Å². The predicted molar refractivity (Wildman–Crippen MR) is 119 cm³/mol. The molecule has 0 aliphatic heterocycles. The van der Waals surface area contributed by atoms with Crippen molar-refractivity contribution in [2.45, 2.75) is 39.7 Å². The van der Waals surface area contributed by atoms with Crippen molar-refractivity contribution >= 4 is 17.5 Å². The predicted octanol–water partition coefficient (Wildman–Crippen LogP) is 4.44. The molecule has 0 unspecified atom stereocenters. The van der Waals surface area contributed by atoms with E-state index in [1.807, 2.05) is 38.1 Å². The molecule has 0 saturated carbocycles. The van der Waals surface area contributed by atoms with E-state index in [2.05, 4.69) is 15.8 Å². The number of amides is 2. The Bertz CT molecular complexity index is 1180. The first kappa shape index (κ1) is 21.5. The molecular formula is C25H24FN3O3. The van der Waals surface area contributed by atoms with Gasteiger partial charge in [-0.05, 0) is 56.5 Å². The summed E-state index contributed by atoms with van der Waals surface area (Å²) in [5.74, 6) is -0.161. The fourth-order valence-corrected chi connectivity index (χ4v) is 3.75. The molecule has 2 N–H and O–H groups in total. The quantitative estimate of drug-likeness (QED) is 0.584. The fraction of sp³-hybridized carbons (Fsp3) is 0.240. The highest BCUT2D eigenvalue weighted by Gasteiger charge is 2.28. The van der Waals surface area contributed by atoms with E-state index in [0.29, 0.717) is 42.0 Å². The highest BCUT2D eigenvalue weighted by Crippen LogP contribution is 2.30. The van der Waals surface area contributed by atoms with E-state index in [0.717, 1.165) is 23.1 Å². The molecule has 4 rings (SSSR count). The summed E-state index contributed by atoms with van der Waals surface area (Å²) < 4.78 is 19.0. The van der Waals surface area contributed by atoms with Gasteiger partial charge in [-0.1, -0.05) is 29.8 Å². The number of furan rings is 1. The summed E-state index contributed by atoms with van der Waals surface area (Å²) in [6.07, 6.45) is 2.16. The Morgan fingerprint density at radius 1 is 1.00 bits per heavy atom. The summed E-state index contributed by atoms with van der Waals surface area (Å²) in [4.78, 5) is 25.1. The van der Waals surface area contributed by atoms with Crippen LogP contribution in [0.5, 0.6) is 0 Å². The number of halogens is 1. The van der Waals surface area contributed by atoms with Crippen LogP contribution in [0.25, 0.3) is 0 Å². The highest BCUT2D eigenvalue weighted by atomic mass is 19.1. The zero-order valence-corrected chi connectivity index (χ0v) is 18.0. The Morgan fingerprint density at radius 3 is 2.44 bits per heavy atom. The molecule has 164 valence electrons. The van der Waals surface area contributed by atoms with Gasteiger partial charge in [-0.3, -0.25) is 9.59 Å². The summed E-state index contributed by atoms with van der Waals surface area (Å²) >= 11 is 0. The lowest BCUT2D eigenvalue weighted by Gasteiger charge is -2.13. The summed E-state index contributed by atoms with van der Waals surface area (Å²) in [6.45, 7) is 4.24. The van der Waals surface area contributed by atoms with Gasteiger partial charge in [0.1, 0.15) is 11.6 Å². The minimum Gasteiger partial charge on any atom is -0.455 e. The number of aryl methyl sites for hydroxylation is 2. The van der Waals surface area contributed by atoms with E-state index in [-0.39, 0.29) is 11.7 Å². The molecular weight excluding hydrogens is 409 g/mol. The molecule has 3 aromatic rings. The van der Waals surface area contributed by atoms with E-state index < -0.39 is 11.7 Å². The van der Waals surface area contributed by atoms with Gasteiger partial charge in [0.15, 0.2) is 5.76 Å². The van der Waals surface area contributed by atoms with Gasteiger partial charge in [0.25, 0.3) is 11.8 Å². The van der Waals surface area contributed by atoms with Gasteiger partial charge < -0.3 is 9.73 Å². The van der Waals surface area contributed by atoms with Crippen molar-refractivity contribution in [3.63, 3.8) is 0 Å². The molecule has 1 aliphatic rings. The number of carbonyl (C=O) groups excluding carboxylic acids is 2. The molecule has 2 aromatic carbocycles. The Kier molecular flexibility index (Phi) is 6.16. The van der Waals surface area contributed by atoms with Crippen LogP contribution >= 0.6 is 0 Å². The van der Waals surface area contributed by atoms with Crippen molar-refractivity contribution in [1.29, 1.82) is 0 Å². The van der Waals surface area contributed by atoms with Crippen molar-refractivity contribution in [2.24, 2.45) is 5.10 Å². The zero-order chi connectivity index (χ0) is 22.7. The number of nitrogens with zero attached hydrogens (tertiary/aromatic N) is 1. The van der Waals surface area contributed by atoms with Crippen molar-refractivity contribution < 1.29 is 18.4 Å². The number of nitrogens with one attached hydrogen (secondary N) is 2. The van der Waals surface area contributed by atoms with Crippen LogP contribution in [0.15, 0.2) is 58.0 Å². The SMILES string of the molecule is Cc1ccc(CNC(=O)c2oc3c(c2C)/C(=N/NC(=O)c2ccc(F)cc2)CCC3)cc1. The van der Waals surface area contributed by atoms with Crippen molar-refractivity contribution in [3.8, 4) is 0 Å². The molecule has 0 spiro atoms. The van der Waals surface area contributed by atoms with Gasteiger partial charge in [0.2, 0.25) is 0 Å². The van der Waals surface area contributed by atoms with E-state index >= 15 is 0 Å². The Morgan fingerprint density at radius 2 is 1.72 bits per heavy atom. The molecule has 0 fully saturated rings. The largest absolute Gasteiger partial charge is 0.455 e. The Hall–Kier alpha value is -3.74. The summed E-state index contributed by atoms with van der Waals surface area (Å²) in [5.41, 5.74) is 7.15. The third-order valence-corrected chi connectivity index (χ3v) is 5.50. The second-order valence-corrected chi connectivity index (χ2v) is 7.88. The topological polar surface area (TPSA) is 83.7 Å². The third kappa shape index (κ3) is 4.61. The molecule has 2 amide bonds. The minimum atomic E-state index is -0.429. The summed E-state index contributed by atoms with van der Waals surface area (Å²) in [5, 5.41) is 7.19. The van der Waals surface area contributed by atoms with E-state index in [9.17, 15) is 14.0 Å². The first-order valence-electron chi connectivity index (χ1n) is 10.5. The summed E-state index contributed by atoms with van der Waals surface area (Å²) in [6, 6.07) is 13.2. The van der Waals surface area contributed by atoms with Crippen molar-refractivity contribution in [3.05, 3.63) is 93.7 Å². The van der Waals surface area contributed by atoms with Crippen LogP contribution in [-0.2, 0) is 13.0 Å². The smallest absolute Gasteiger partial charge is 0.287 e. The maximum absolute atomic E-state index is 13.1. The van der Waals surface area contributed by atoms with Gasteiger partial charge in [-0.25, -0.2) is 9.82 Å². The van der Waals surface area contributed by atoms with E-state index in [1.165, 1.54) is 24.3 Å². The second kappa shape index (κ2) is 9.18. The van der Waals surface area contributed by atoms with Gasteiger partial charge in [-0.15, -0.1) is 0 Å². The van der Waals surface area contributed by atoms with Gasteiger partial charge in [0.05, 0.1) is 5.71 Å². The first-order valence-corrected chi connectivity index (χ1v) is 10.5. The molecule has 0 atom stereocenters. The molecule has 7 heteroatoms. The van der Waals surface area contributed by atoms with Crippen LogP contribution in [0.1, 0.15) is 61.8 Å². The second-order valence-electron chi connectivity index (χ2n) is 7.88. The molecule has 1 aromatic heterocycles. The molecule has 1 heterocycles. The maximum atomic E-state index is 13.1. The molecule has 0 saturated heterocycles. The summed E-state index contributed by atoms with van der Waals surface area (Å²) in [7, 11) is 0. The lowest BCUT2D eigenvalue weighted by atomic mass is 9.93. The number of hydrogen-bond acceptors (Lipinski definition) is 4. The standard InChI is InChI=1S/C25H24FN3O3/c1-15-6-8-17(9-7-15)14-27-25(31)23-16(2)22-20(4-3-5-21(22)32-23)28-29-24(30)18-10-12-19(26)13-11-18/h6-13H,3-5,14H2,1-2H3,(H,27,31)(H,29,30)/b28-20+. The van der Waals surface area contributed by atoms with E-state index in [1.54, 1.807) is 0 Å². The first-order chi connectivity index (χ1) is 15.4. The lowest BCUT2D eigenvalue weighted by Crippen LogP contribution is -2.23. The van der Waals surface area contributed by atoms with Gasteiger partial charge in [-0.2, -0.15) is 5.10 Å². The molecule has 1 aliphatic carbocycles. The number of hydrogen-bond donors (Lipinski definition) is 2. The fourth-order valence-electron chi connectivity index (χ4n) is 3.75. The maximum Gasteiger partial charge on any atom is 0.287 e. The number of benzene rings is 2. The number of hydrazone groups is 1. The molecule has 6 nitrogen and oxygen atoms in total. The number of carbonyl (C=O) groups is 2. The molecule has 0 radical (unpaired) electrons. The van der Waals surface area contributed by atoms with Crippen molar-refractivity contribution in [2.75, 3.05) is 0 Å². The van der Waals surface area contributed by atoms with E-state index in [4.69, 9.17) is 4.42 Å². The van der Waals surface area contributed by atoms with Gasteiger partial charge in [0, 0.05) is 29.7 Å². The van der Waals surface area contributed by atoms with Crippen LogP contribution in [0.2, 0.25) is 0 Å². The molecule has 0 bridgehead atoms. The van der Waals surface area contributed by atoms with Crippen molar-refractivity contribution in [1.82, 2.24) is 10.7 Å². The average molecular weight is 433 g/mol. The monoisotopic (exact) mass is 433 g/mol. The van der Waals surface area contributed by atoms with Crippen LogP contribution in [0, 0.1) is 19.7 Å².